The molecule has 8 atom stereocenters. The molecule has 0 aliphatic rings. The van der Waals surface area contributed by atoms with E-state index < -0.39 is 127 Å². The molecule has 22 nitrogen and oxygen atoms in total. The summed E-state index contributed by atoms with van der Waals surface area (Å²) >= 11 is 0. The van der Waals surface area contributed by atoms with Gasteiger partial charge in [-0.05, 0) is 76.0 Å². The first-order valence-electron chi connectivity index (χ1n) is 26.5. The number of carbonyl (C=O) groups excluding carboxylic acids is 9. The Morgan fingerprint density at radius 3 is 1.18 bits per heavy atom. The van der Waals surface area contributed by atoms with E-state index >= 15 is 0 Å². The number of ether oxygens (including phenoxy) is 3. The first-order chi connectivity index (χ1) is 38.9. The number of benzene rings is 3. The van der Waals surface area contributed by atoms with E-state index in [4.69, 9.17) is 47.4 Å². The van der Waals surface area contributed by atoms with Crippen LogP contribution in [0.2, 0.25) is 0 Å². The molecule has 82 heavy (non-hydrogen) atoms. The van der Waals surface area contributed by atoms with Gasteiger partial charge in [0, 0.05) is 25.3 Å². The second kappa shape index (κ2) is 44.0. The van der Waals surface area contributed by atoms with Gasteiger partial charge in [0.1, 0.15) is 26.1 Å². The van der Waals surface area contributed by atoms with E-state index in [1.807, 2.05) is 78.9 Å². The summed E-state index contributed by atoms with van der Waals surface area (Å²) in [6.45, 7) is 2.43. The van der Waals surface area contributed by atoms with Crippen LogP contribution in [0.25, 0.3) is 0 Å². The number of nitrogens with one attached hydrogen (secondary N) is 2. The number of aliphatic carboxylic acids is 1. The highest BCUT2D eigenvalue weighted by Gasteiger charge is 2.30. The number of carbonyl (C=O) groups is 10. The molecule has 3 aromatic rings. The van der Waals surface area contributed by atoms with Crippen LogP contribution in [0.1, 0.15) is 95.2 Å². The first-order valence-corrected chi connectivity index (χ1v) is 26.5. The van der Waals surface area contributed by atoms with Gasteiger partial charge in [0.05, 0.1) is 75.0 Å². The van der Waals surface area contributed by atoms with Crippen molar-refractivity contribution in [3.63, 3.8) is 0 Å². The minimum atomic E-state index is -1.46. The van der Waals surface area contributed by atoms with Gasteiger partial charge in [-0.15, -0.1) is 0 Å². The van der Waals surface area contributed by atoms with Crippen molar-refractivity contribution in [2.45, 2.75) is 128 Å². The number of aliphatic hydroxyl groups is 2. The molecule has 25 heteroatoms. The zero-order chi connectivity index (χ0) is 62.0. The number of Topliss-reactive ketones (excluding diaryl/α,β-unsaturated/α-hetero) is 1. The van der Waals surface area contributed by atoms with E-state index in [0.717, 1.165) is 16.7 Å². The largest absolute Gasteiger partial charge is 0.481 e. The molecule has 8 unspecified atom stereocenters. The van der Waals surface area contributed by atoms with Crippen LogP contribution in [0, 0.1) is 17.8 Å². The maximum atomic E-state index is 12.9. The first kappa shape index (κ1) is 74.2. The molecule has 0 aliphatic heterocycles. The summed E-state index contributed by atoms with van der Waals surface area (Å²) in [6, 6.07) is 24.6. The van der Waals surface area contributed by atoms with Crippen LogP contribution in [-0.2, 0) is 81.4 Å². The Bertz CT molecular complexity index is 2380. The number of halogens is 3. The Kier molecular flexibility index (Phi) is 39.8. The molecule has 3 rings (SSSR count). The molecular formula is C57H81F3N6O16. The van der Waals surface area contributed by atoms with E-state index in [9.17, 15) is 66.2 Å². The standard InChI is InChI=1S/C19H27FN2O5.C19H25FN2O5.C13H16O4.C6H13FN2O2/c2*1-2-27-18(25)11-14(10-13-6-4-3-5-7-13)19(26)22-15(16(23)12-20)8-9-17(21)24;1-2-17-12(14)9-11(13(15)16)8-10-6-4-3-5-7-10;7-3-5(10)4(8)1-2-6(9)11/h3-7,14-16,23H,2,8-12H2,1H3,(H2,21,24)(H,22,26);3-7,14-15H,2,8-12H2,1H3,(H2,21,24)(H,22,26);3-7,11H,2,8-9H2,1H3,(H,15,16);4-5,10H,1-3,8H2,(H2,9,11). The van der Waals surface area contributed by atoms with Gasteiger partial charge in [0.15, 0.2) is 5.78 Å². The van der Waals surface area contributed by atoms with Crippen LogP contribution in [0.4, 0.5) is 13.2 Å². The van der Waals surface area contributed by atoms with Crippen molar-refractivity contribution in [1.82, 2.24) is 10.6 Å². The lowest BCUT2D eigenvalue weighted by atomic mass is 9.94. The fraction of sp³-hybridized carbons (Fsp3) is 0.509. The van der Waals surface area contributed by atoms with Crippen LogP contribution in [0.3, 0.4) is 0 Å². The maximum Gasteiger partial charge on any atom is 0.307 e. The number of amides is 5. The van der Waals surface area contributed by atoms with Gasteiger partial charge in [-0.3, -0.25) is 47.9 Å². The number of alkyl halides is 3. The molecule has 0 heterocycles. The minimum Gasteiger partial charge on any atom is -0.481 e. The number of carboxylic acid groups (broad SMARTS) is 1. The lowest BCUT2D eigenvalue weighted by molar-refractivity contribution is -0.151. The summed E-state index contributed by atoms with van der Waals surface area (Å²) in [7, 11) is 0. The van der Waals surface area contributed by atoms with Gasteiger partial charge < -0.3 is 63.1 Å². The highest BCUT2D eigenvalue weighted by Crippen LogP contribution is 2.18. The van der Waals surface area contributed by atoms with Gasteiger partial charge >= 0.3 is 23.9 Å². The van der Waals surface area contributed by atoms with Crippen molar-refractivity contribution < 1.29 is 90.6 Å². The fourth-order valence-corrected chi connectivity index (χ4v) is 7.39. The van der Waals surface area contributed by atoms with E-state index in [1.54, 1.807) is 32.9 Å². The highest BCUT2D eigenvalue weighted by molar-refractivity contribution is 5.92. The van der Waals surface area contributed by atoms with Gasteiger partial charge in [0.2, 0.25) is 29.5 Å². The molecule has 456 valence electrons. The van der Waals surface area contributed by atoms with Crippen LogP contribution in [-0.4, -0.2) is 145 Å². The second-order valence-electron chi connectivity index (χ2n) is 18.4. The van der Waals surface area contributed by atoms with Crippen molar-refractivity contribution in [3.05, 3.63) is 108 Å². The normalized spacial score (nSPS) is 13.4. The number of rotatable bonds is 35. The Balaban J connectivity index is 0.00000112. The average molecular weight is 1160 g/mol. The Morgan fingerprint density at radius 2 is 0.841 bits per heavy atom. The molecular weight excluding hydrogens is 1080 g/mol. The van der Waals surface area contributed by atoms with Crippen molar-refractivity contribution in [2.75, 3.05) is 39.8 Å². The topological polar surface area (TPSA) is 387 Å². The predicted octanol–water partition coefficient (Wildman–Crippen LogP) is 2.76. The number of primary amides is 3. The Hall–Kier alpha value is -7.77. The third-order valence-corrected chi connectivity index (χ3v) is 11.8. The summed E-state index contributed by atoms with van der Waals surface area (Å²) in [5.74, 6) is -8.49. The summed E-state index contributed by atoms with van der Waals surface area (Å²) in [5, 5.41) is 32.6. The molecule has 3 aromatic carbocycles. The van der Waals surface area contributed by atoms with E-state index in [0.29, 0.717) is 6.42 Å². The number of hydrogen-bond donors (Lipinski definition) is 9. The predicted molar refractivity (Wildman–Crippen MR) is 294 cm³/mol. The van der Waals surface area contributed by atoms with Crippen LogP contribution >= 0.6 is 0 Å². The molecule has 0 fully saturated rings. The summed E-state index contributed by atoms with van der Waals surface area (Å²) in [5.41, 5.74) is 22.8. The number of aliphatic hydroxyl groups excluding tert-OH is 2. The zero-order valence-corrected chi connectivity index (χ0v) is 46.6. The Labute approximate surface area is 475 Å². The van der Waals surface area contributed by atoms with Crippen molar-refractivity contribution in [3.8, 4) is 0 Å². The van der Waals surface area contributed by atoms with Crippen LogP contribution in [0.5, 0.6) is 0 Å². The SMILES string of the molecule is CCOC(=O)CC(Cc1ccccc1)C(=O)NC(CCC(N)=O)C(=O)CF.CCOC(=O)CC(Cc1ccccc1)C(=O)NC(CCC(N)=O)C(O)CF.CCOC(=O)CC(Cc1ccccc1)C(=O)O.NC(=O)CCC(N)C(O)CF. The zero-order valence-electron chi connectivity index (χ0n) is 46.6. The molecule has 0 saturated heterocycles. The number of hydrogen-bond acceptors (Lipinski definition) is 16. The second-order valence-corrected chi connectivity index (χ2v) is 18.4. The van der Waals surface area contributed by atoms with E-state index in [2.05, 4.69) is 10.6 Å². The third-order valence-electron chi connectivity index (χ3n) is 11.8. The molecule has 0 bridgehead atoms. The highest BCUT2D eigenvalue weighted by atomic mass is 19.1. The molecule has 0 spiro atoms. The van der Waals surface area contributed by atoms with Crippen molar-refractivity contribution in [1.29, 1.82) is 0 Å². The van der Waals surface area contributed by atoms with Crippen molar-refractivity contribution in [2.24, 2.45) is 40.7 Å². The Morgan fingerprint density at radius 1 is 0.500 bits per heavy atom. The number of carboxylic acids is 1. The molecule has 13 N–H and O–H groups in total. The molecule has 5 amide bonds. The molecule has 0 radical (unpaired) electrons. The maximum absolute atomic E-state index is 12.9. The quantitative estimate of drug-likeness (QED) is 0.0302. The van der Waals surface area contributed by atoms with Gasteiger partial charge in [0.25, 0.3) is 0 Å². The van der Waals surface area contributed by atoms with Crippen molar-refractivity contribution >= 4 is 59.2 Å². The van der Waals surface area contributed by atoms with Gasteiger partial charge in [-0.1, -0.05) is 91.0 Å². The number of nitrogens with two attached hydrogens (primary N) is 4. The average Bonchev–Trinajstić information content (AvgIpc) is 3.44. The fourth-order valence-electron chi connectivity index (χ4n) is 7.39. The van der Waals surface area contributed by atoms with E-state index in [1.165, 1.54) is 0 Å². The van der Waals surface area contributed by atoms with Gasteiger partial charge in [-0.25, -0.2) is 13.2 Å². The minimum absolute atomic E-state index is 0.00359. The summed E-state index contributed by atoms with van der Waals surface area (Å²) < 4.78 is 52.0. The monoisotopic (exact) mass is 1160 g/mol. The summed E-state index contributed by atoms with van der Waals surface area (Å²) in [6.07, 6.45) is -2.26. The third kappa shape index (κ3) is 35.1. The summed E-state index contributed by atoms with van der Waals surface area (Å²) in [4.78, 5) is 115. The van der Waals surface area contributed by atoms with Crippen LogP contribution in [0.15, 0.2) is 91.0 Å². The lowest BCUT2D eigenvalue weighted by Gasteiger charge is -2.25. The lowest BCUT2D eigenvalue weighted by Crippen LogP contribution is -2.47. The smallest absolute Gasteiger partial charge is 0.307 e. The number of esters is 3. The molecule has 0 aliphatic carbocycles. The van der Waals surface area contributed by atoms with Gasteiger partial charge in [-0.2, -0.15) is 0 Å². The van der Waals surface area contributed by atoms with Crippen LogP contribution < -0.4 is 33.6 Å². The van der Waals surface area contributed by atoms with E-state index in [-0.39, 0.29) is 90.4 Å². The molecule has 0 aromatic heterocycles. The molecule has 0 saturated carbocycles. The number of ketones is 1.